The third-order valence-electron chi connectivity index (χ3n) is 2.90. The molecule has 0 aliphatic carbocycles. The predicted octanol–water partition coefficient (Wildman–Crippen LogP) is 3.47. The topological polar surface area (TPSA) is 51.2 Å². The molecule has 1 aromatic heterocycles. The molecule has 1 atom stereocenters. The number of alkyl halides is 3. The highest BCUT2D eigenvalue weighted by Gasteiger charge is 2.31. The van der Waals surface area contributed by atoms with Crippen molar-refractivity contribution in [1.29, 1.82) is 0 Å². The zero-order valence-electron chi connectivity index (χ0n) is 11.6. The van der Waals surface area contributed by atoms with Gasteiger partial charge in [0.15, 0.2) is 0 Å². The summed E-state index contributed by atoms with van der Waals surface area (Å²) in [4.78, 5) is 15.8. The van der Waals surface area contributed by atoms with Gasteiger partial charge < -0.3 is 10.1 Å². The summed E-state index contributed by atoms with van der Waals surface area (Å²) in [5.41, 5.74) is 1.12. The van der Waals surface area contributed by atoms with Gasteiger partial charge in [0.1, 0.15) is 5.75 Å². The van der Waals surface area contributed by atoms with E-state index in [4.69, 9.17) is 0 Å². The third kappa shape index (κ3) is 4.47. The number of carbonyl (C=O) groups is 1. The van der Waals surface area contributed by atoms with Crippen LogP contribution in [0.1, 0.15) is 28.9 Å². The number of amides is 1. The van der Waals surface area contributed by atoms with E-state index in [1.54, 1.807) is 19.1 Å². The van der Waals surface area contributed by atoms with Gasteiger partial charge in [-0.2, -0.15) is 0 Å². The monoisotopic (exact) mass is 310 g/mol. The van der Waals surface area contributed by atoms with Crippen LogP contribution in [-0.4, -0.2) is 17.3 Å². The van der Waals surface area contributed by atoms with Crippen LogP contribution in [-0.2, 0) is 0 Å². The Hall–Kier alpha value is -2.57. The molecule has 116 valence electrons. The zero-order chi connectivity index (χ0) is 16.2. The quantitative estimate of drug-likeness (QED) is 0.940. The normalized spacial score (nSPS) is 12.5. The third-order valence-corrected chi connectivity index (χ3v) is 2.90. The first-order chi connectivity index (χ1) is 10.3. The number of benzene rings is 1. The van der Waals surface area contributed by atoms with E-state index in [1.165, 1.54) is 36.7 Å². The molecule has 1 N–H and O–H groups in total. The van der Waals surface area contributed by atoms with Crippen LogP contribution >= 0.6 is 0 Å². The van der Waals surface area contributed by atoms with Gasteiger partial charge in [-0.05, 0) is 36.8 Å². The Bertz CT molecular complexity index is 627. The van der Waals surface area contributed by atoms with E-state index in [0.717, 1.165) is 0 Å². The van der Waals surface area contributed by atoms with Crippen LogP contribution in [0.3, 0.4) is 0 Å². The van der Waals surface area contributed by atoms with Gasteiger partial charge >= 0.3 is 6.36 Å². The van der Waals surface area contributed by atoms with Crippen molar-refractivity contribution in [3.05, 3.63) is 59.9 Å². The summed E-state index contributed by atoms with van der Waals surface area (Å²) in [5, 5.41) is 2.75. The van der Waals surface area contributed by atoms with Crippen LogP contribution in [0, 0.1) is 0 Å². The fourth-order valence-corrected chi connectivity index (χ4v) is 1.82. The minimum atomic E-state index is -4.72. The maximum absolute atomic E-state index is 12.1. The second-order valence-corrected chi connectivity index (χ2v) is 4.55. The molecule has 0 fully saturated rings. The molecule has 2 rings (SSSR count). The molecule has 0 aliphatic rings. The molecule has 0 saturated heterocycles. The van der Waals surface area contributed by atoms with Crippen molar-refractivity contribution in [3.8, 4) is 5.75 Å². The van der Waals surface area contributed by atoms with Crippen molar-refractivity contribution in [2.75, 3.05) is 0 Å². The standard InChI is InChI=1S/C15H13F3N2O2/c1-10(20-14(21)12-6-8-19-9-7-12)11-2-4-13(5-3-11)22-15(16,17)18/h2-10H,1H3,(H,20,21)/t10-/m0/s1. The van der Waals surface area contributed by atoms with E-state index in [9.17, 15) is 18.0 Å². The van der Waals surface area contributed by atoms with E-state index in [-0.39, 0.29) is 17.7 Å². The number of nitrogens with zero attached hydrogens (tertiary/aromatic N) is 1. The number of aromatic nitrogens is 1. The Morgan fingerprint density at radius 1 is 1.14 bits per heavy atom. The maximum Gasteiger partial charge on any atom is 0.573 e. The van der Waals surface area contributed by atoms with E-state index < -0.39 is 6.36 Å². The van der Waals surface area contributed by atoms with Crippen LogP contribution in [0.25, 0.3) is 0 Å². The Kier molecular flexibility index (Phi) is 4.65. The van der Waals surface area contributed by atoms with Gasteiger partial charge in [0.25, 0.3) is 5.91 Å². The van der Waals surface area contributed by atoms with Gasteiger partial charge in [-0.1, -0.05) is 12.1 Å². The van der Waals surface area contributed by atoms with Gasteiger partial charge in [0.05, 0.1) is 6.04 Å². The summed E-state index contributed by atoms with van der Waals surface area (Å²) in [6.07, 6.45) is -1.71. The molecule has 2 aromatic rings. The molecule has 0 radical (unpaired) electrons. The molecule has 1 amide bonds. The van der Waals surface area contributed by atoms with E-state index in [2.05, 4.69) is 15.0 Å². The lowest BCUT2D eigenvalue weighted by Gasteiger charge is -2.15. The minimum absolute atomic E-state index is 0.287. The lowest BCUT2D eigenvalue weighted by Crippen LogP contribution is -2.26. The number of hydrogen-bond acceptors (Lipinski definition) is 3. The Balaban J connectivity index is 2.01. The molecular formula is C15H13F3N2O2. The molecule has 0 saturated carbocycles. The van der Waals surface area contributed by atoms with E-state index >= 15 is 0 Å². The largest absolute Gasteiger partial charge is 0.573 e. The number of ether oxygens (including phenoxy) is 1. The first kappa shape index (κ1) is 15.8. The van der Waals surface area contributed by atoms with Crippen molar-refractivity contribution >= 4 is 5.91 Å². The number of halogens is 3. The highest BCUT2D eigenvalue weighted by Crippen LogP contribution is 2.24. The van der Waals surface area contributed by atoms with E-state index in [1.807, 2.05) is 0 Å². The molecule has 0 unspecified atom stereocenters. The van der Waals surface area contributed by atoms with Crippen LogP contribution < -0.4 is 10.1 Å². The van der Waals surface area contributed by atoms with E-state index in [0.29, 0.717) is 11.1 Å². The first-order valence-corrected chi connectivity index (χ1v) is 6.42. The van der Waals surface area contributed by atoms with Gasteiger partial charge in [-0.3, -0.25) is 9.78 Å². The lowest BCUT2D eigenvalue weighted by atomic mass is 10.1. The first-order valence-electron chi connectivity index (χ1n) is 6.42. The summed E-state index contributed by atoms with van der Waals surface area (Å²) in [6, 6.07) is 8.14. The van der Waals surface area contributed by atoms with Crippen molar-refractivity contribution in [3.63, 3.8) is 0 Å². The Labute approximate surface area is 124 Å². The Morgan fingerprint density at radius 3 is 2.27 bits per heavy atom. The molecule has 7 heteroatoms. The number of nitrogens with one attached hydrogen (secondary N) is 1. The summed E-state index contributed by atoms with van der Waals surface area (Å²) in [5.74, 6) is -0.588. The van der Waals surface area contributed by atoms with Crippen molar-refractivity contribution < 1.29 is 22.7 Å². The van der Waals surface area contributed by atoms with Crippen LogP contribution in [0.2, 0.25) is 0 Å². The summed E-state index contributed by atoms with van der Waals surface area (Å²) < 4.78 is 40.0. The van der Waals surface area contributed by atoms with Crippen LogP contribution in [0.15, 0.2) is 48.8 Å². The fourth-order valence-electron chi connectivity index (χ4n) is 1.82. The van der Waals surface area contributed by atoms with Gasteiger partial charge in [0, 0.05) is 18.0 Å². The highest BCUT2D eigenvalue weighted by atomic mass is 19.4. The smallest absolute Gasteiger partial charge is 0.406 e. The van der Waals surface area contributed by atoms with Crippen LogP contribution in [0.4, 0.5) is 13.2 Å². The molecule has 1 heterocycles. The molecule has 22 heavy (non-hydrogen) atoms. The predicted molar refractivity (Wildman–Crippen MR) is 73.2 cm³/mol. The molecule has 0 spiro atoms. The van der Waals surface area contributed by atoms with Crippen molar-refractivity contribution in [2.45, 2.75) is 19.3 Å². The zero-order valence-corrected chi connectivity index (χ0v) is 11.6. The Morgan fingerprint density at radius 2 is 1.73 bits per heavy atom. The molecule has 0 bridgehead atoms. The molecule has 4 nitrogen and oxygen atoms in total. The average molecular weight is 310 g/mol. The van der Waals surface area contributed by atoms with Crippen LogP contribution in [0.5, 0.6) is 5.75 Å². The second-order valence-electron chi connectivity index (χ2n) is 4.55. The minimum Gasteiger partial charge on any atom is -0.406 e. The van der Waals surface area contributed by atoms with Crippen molar-refractivity contribution in [2.24, 2.45) is 0 Å². The SMILES string of the molecule is C[C@H](NC(=O)c1ccncc1)c1ccc(OC(F)(F)F)cc1. The number of carbonyl (C=O) groups excluding carboxylic acids is 1. The number of pyridine rings is 1. The van der Waals surface area contributed by atoms with Gasteiger partial charge in [0.2, 0.25) is 0 Å². The maximum atomic E-state index is 12.1. The average Bonchev–Trinajstić information content (AvgIpc) is 2.47. The van der Waals surface area contributed by atoms with Crippen molar-refractivity contribution in [1.82, 2.24) is 10.3 Å². The second kappa shape index (κ2) is 6.46. The highest BCUT2D eigenvalue weighted by molar-refractivity contribution is 5.94. The summed E-state index contributed by atoms with van der Waals surface area (Å²) >= 11 is 0. The fraction of sp³-hybridized carbons (Fsp3) is 0.200. The van der Waals surface area contributed by atoms with Gasteiger partial charge in [-0.25, -0.2) is 0 Å². The lowest BCUT2D eigenvalue weighted by molar-refractivity contribution is -0.274. The number of rotatable bonds is 4. The molecule has 1 aromatic carbocycles. The molecular weight excluding hydrogens is 297 g/mol. The summed E-state index contributed by atoms with van der Waals surface area (Å²) in [6.45, 7) is 1.73. The number of hydrogen-bond donors (Lipinski definition) is 1. The summed E-state index contributed by atoms with van der Waals surface area (Å²) in [7, 11) is 0. The molecule has 0 aliphatic heterocycles. The van der Waals surface area contributed by atoms with Gasteiger partial charge in [-0.15, -0.1) is 13.2 Å².